The van der Waals surface area contributed by atoms with Gasteiger partial charge in [-0.1, -0.05) is 13.8 Å². The molecule has 0 bridgehead atoms. The largest absolute Gasteiger partial charge is 0.416 e. The molecule has 7 nitrogen and oxygen atoms in total. The number of halogens is 6. The lowest BCUT2D eigenvalue weighted by atomic mass is 9.91. The molecule has 2 aromatic carbocycles. The van der Waals surface area contributed by atoms with Gasteiger partial charge in [0, 0.05) is 35.5 Å². The fourth-order valence-corrected chi connectivity index (χ4v) is 4.32. The maximum absolute atomic E-state index is 12.6. The summed E-state index contributed by atoms with van der Waals surface area (Å²) in [7, 11) is -3.67. The van der Waals surface area contributed by atoms with Crippen LogP contribution in [-0.4, -0.2) is 31.3 Å². The molecule has 14 heteroatoms. The lowest BCUT2D eigenvalue weighted by Crippen LogP contribution is -2.31. The minimum absolute atomic E-state index is 0.245. The Hall–Kier alpha value is -2.55. The number of alkyl halides is 6. The van der Waals surface area contributed by atoms with Gasteiger partial charge in [0.2, 0.25) is 0 Å². The van der Waals surface area contributed by atoms with Gasteiger partial charge in [-0.15, -0.1) is 0 Å². The van der Waals surface area contributed by atoms with E-state index >= 15 is 0 Å². The fourth-order valence-electron chi connectivity index (χ4n) is 4.32. The van der Waals surface area contributed by atoms with E-state index in [-0.39, 0.29) is 24.2 Å². The van der Waals surface area contributed by atoms with Crippen molar-refractivity contribution in [2.24, 2.45) is 11.5 Å². The zero-order valence-corrected chi connectivity index (χ0v) is 22.5. The summed E-state index contributed by atoms with van der Waals surface area (Å²) in [6.45, 7) is 4.05. The molecule has 2 aliphatic rings. The van der Waals surface area contributed by atoms with Gasteiger partial charge in [-0.05, 0) is 73.2 Å². The van der Waals surface area contributed by atoms with Gasteiger partial charge in [0.15, 0.2) is 0 Å². The number of nitrogens with two attached hydrogens (primary N) is 2. The summed E-state index contributed by atoms with van der Waals surface area (Å²) in [5, 5.41) is 6.42. The average molecular weight is 585 g/mol. The summed E-state index contributed by atoms with van der Waals surface area (Å²) in [5.41, 5.74) is 13.1. The number of anilines is 2. The SMILES string of the molecule is CC[C@@H]1C[C@H](N)c2cc(C(F)(F)F)ccc2N1.CC[C@@H]1C[C@H](N)c2cc(C(F)(F)F)ccc2N1.CS(=O)(=O)O. The van der Waals surface area contributed by atoms with Gasteiger partial charge in [0.05, 0.1) is 17.4 Å². The van der Waals surface area contributed by atoms with Crippen molar-refractivity contribution in [2.45, 2.75) is 76.1 Å². The summed E-state index contributed by atoms with van der Waals surface area (Å²) in [5.74, 6) is 0. The molecule has 4 rings (SSSR count). The number of fused-ring (bicyclic) bond motifs is 2. The molecule has 2 aromatic rings. The number of nitrogens with one attached hydrogen (secondary N) is 2. The molecule has 2 heterocycles. The molecule has 0 amide bonds. The Labute approximate surface area is 224 Å². The molecular weight excluding hydrogens is 550 g/mol. The Morgan fingerprint density at radius 2 is 1.10 bits per heavy atom. The number of benzene rings is 2. The molecule has 7 N–H and O–H groups in total. The van der Waals surface area contributed by atoms with E-state index in [1.54, 1.807) is 0 Å². The van der Waals surface area contributed by atoms with E-state index in [9.17, 15) is 34.8 Å². The summed E-state index contributed by atoms with van der Waals surface area (Å²) in [6, 6.07) is 7.28. The Kier molecular flexibility index (Phi) is 10.7. The van der Waals surface area contributed by atoms with E-state index in [4.69, 9.17) is 16.0 Å². The van der Waals surface area contributed by atoms with E-state index in [0.717, 1.165) is 48.5 Å². The first-order valence-corrected chi connectivity index (χ1v) is 14.1. The molecule has 0 fully saturated rings. The molecular formula is C25H34F6N4O3S. The molecule has 0 aliphatic carbocycles. The minimum Gasteiger partial charge on any atom is -0.382 e. The minimum atomic E-state index is -4.31. The van der Waals surface area contributed by atoms with E-state index in [1.165, 1.54) is 12.1 Å². The van der Waals surface area contributed by atoms with Gasteiger partial charge >= 0.3 is 12.4 Å². The first-order valence-electron chi connectivity index (χ1n) is 12.2. The van der Waals surface area contributed by atoms with Gasteiger partial charge in [0.1, 0.15) is 0 Å². The van der Waals surface area contributed by atoms with Crippen LogP contribution in [0.5, 0.6) is 0 Å². The van der Waals surface area contributed by atoms with Crippen molar-refractivity contribution in [1.29, 1.82) is 0 Å². The summed E-state index contributed by atoms with van der Waals surface area (Å²) in [6.07, 6.45) is -4.74. The van der Waals surface area contributed by atoms with E-state index < -0.39 is 33.6 Å². The van der Waals surface area contributed by atoms with Crippen molar-refractivity contribution in [3.63, 3.8) is 0 Å². The first-order chi connectivity index (χ1) is 17.8. The molecule has 39 heavy (non-hydrogen) atoms. The van der Waals surface area contributed by atoms with Crippen molar-refractivity contribution < 1.29 is 39.3 Å². The van der Waals surface area contributed by atoms with Gasteiger partial charge in [-0.3, -0.25) is 4.55 Å². The summed E-state index contributed by atoms with van der Waals surface area (Å²) in [4.78, 5) is 0. The van der Waals surface area contributed by atoms with Crippen LogP contribution in [0, 0.1) is 0 Å². The van der Waals surface area contributed by atoms with E-state index in [0.29, 0.717) is 30.2 Å². The molecule has 0 saturated heterocycles. The van der Waals surface area contributed by atoms with Gasteiger partial charge in [-0.25, -0.2) is 0 Å². The van der Waals surface area contributed by atoms with E-state index in [1.807, 2.05) is 13.8 Å². The number of rotatable bonds is 2. The van der Waals surface area contributed by atoms with Gasteiger partial charge < -0.3 is 22.1 Å². The van der Waals surface area contributed by atoms with Crippen LogP contribution in [0.4, 0.5) is 37.7 Å². The quantitative estimate of drug-likeness (QED) is 0.213. The highest BCUT2D eigenvalue weighted by molar-refractivity contribution is 7.85. The molecule has 0 spiro atoms. The zero-order valence-electron chi connectivity index (χ0n) is 21.7. The van der Waals surface area contributed by atoms with Crippen LogP contribution in [0.1, 0.15) is 73.9 Å². The third-order valence-corrected chi connectivity index (χ3v) is 6.34. The van der Waals surface area contributed by atoms with Crippen LogP contribution in [0.2, 0.25) is 0 Å². The van der Waals surface area contributed by atoms with Crippen LogP contribution in [0.15, 0.2) is 36.4 Å². The van der Waals surface area contributed by atoms with Crippen molar-refractivity contribution in [1.82, 2.24) is 0 Å². The second kappa shape index (κ2) is 12.7. The highest BCUT2D eigenvalue weighted by Gasteiger charge is 2.34. The Morgan fingerprint density at radius 1 is 0.795 bits per heavy atom. The summed E-state index contributed by atoms with van der Waals surface area (Å²) < 4.78 is 101. The second-order valence-corrected chi connectivity index (χ2v) is 11.0. The number of hydrogen-bond acceptors (Lipinski definition) is 6. The summed E-state index contributed by atoms with van der Waals surface area (Å²) >= 11 is 0. The standard InChI is InChI=1S/2C12H15F3N2.CH4O3S/c2*1-2-8-6-10(16)9-5-7(12(13,14)15)3-4-11(9)17-8;1-5(2,3)4/h2*3-5,8,10,17H,2,6,16H2,1H3;1H3,(H,2,3,4)/t2*8-,10+;/m11./s1. The maximum Gasteiger partial charge on any atom is 0.416 e. The zero-order chi connectivity index (χ0) is 29.8. The van der Waals surface area contributed by atoms with E-state index in [2.05, 4.69) is 10.6 Å². The third kappa shape index (κ3) is 9.85. The van der Waals surface area contributed by atoms with Gasteiger partial charge in [0.25, 0.3) is 10.1 Å². The maximum atomic E-state index is 12.6. The predicted octanol–water partition coefficient (Wildman–Crippen LogP) is 6.10. The van der Waals surface area contributed by atoms with Crippen molar-refractivity contribution in [3.05, 3.63) is 58.7 Å². The van der Waals surface area contributed by atoms with Gasteiger partial charge in [-0.2, -0.15) is 34.8 Å². The molecule has 4 atom stereocenters. The fraction of sp³-hybridized carbons (Fsp3) is 0.520. The highest BCUT2D eigenvalue weighted by atomic mass is 32.2. The molecule has 2 aliphatic heterocycles. The second-order valence-electron chi connectivity index (χ2n) is 9.52. The monoisotopic (exact) mass is 584 g/mol. The molecule has 0 radical (unpaired) electrons. The third-order valence-electron chi connectivity index (χ3n) is 6.34. The Bertz CT molecular complexity index is 1130. The molecule has 0 saturated carbocycles. The lowest BCUT2D eigenvalue weighted by Gasteiger charge is -2.31. The van der Waals surface area contributed by atoms with Crippen molar-refractivity contribution >= 4 is 21.5 Å². The highest BCUT2D eigenvalue weighted by Crippen LogP contribution is 2.38. The number of hydrogen-bond donors (Lipinski definition) is 5. The molecule has 0 unspecified atom stereocenters. The van der Waals surface area contributed by atoms with Crippen LogP contribution in [-0.2, 0) is 22.5 Å². The van der Waals surface area contributed by atoms with Crippen molar-refractivity contribution in [2.75, 3.05) is 16.9 Å². The average Bonchev–Trinajstić information content (AvgIpc) is 2.81. The topological polar surface area (TPSA) is 130 Å². The first kappa shape index (κ1) is 32.7. The normalized spacial score (nSPS) is 22.5. The molecule has 0 aromatic heterocycles. The van der Waals surface area contributed by atoms with Crippen LogP contribution >= 0.6 is 0 Å². The smallest absolute Gasteiger partial charge is 0.382 e. The van der Waals surface area contributed by atoms with Crippen molar-refractivity contribution in [3.8, 4) is 0 Å². The lowest BCUT2D eigenvalue weighted by molar-refractivity contribution is -0.138. The van der Waals surface area contributed by atoms with Crippen LogP contribution < -0.4 is 22.1 Å². The predicted molar refractivity (Wildman–Crippen MR) is 139 cm³/mol. The van der Waals surface area contributed by atoms with Crippen LogP contribution in [0.25, 0.3) is 0 Å². The van der Waals surface area contributed by atoms with Crippen LogP contribution in [0.3, 0.4) is 0 Å². The molecule has 220 valence electrons. The Morgan fingerprint density at radius 3 is 1.36 bits per heavy atom. The Balaban J connectivity index is 0.000000234.